The monoisotopic (exact) mass is 432 g/mol. The molecule has 2 aromatic heterocycles. The first-order chi connectivity index (χ1) is 15.6. The third kappa shape index (κ3) is 3.69. The Bertz CT molecular complexity index is 1120. The molecule has 5 N–H and O–H groups in total. The van der Waals surface area contributed by atoms with Crippen molar-refractivity contribution >= 4 is 17.5 Å². The fraction of sp³-hybridized carbons (Fsp3) is 0.391. The van der Waals surface area contributed by atoms with E-state index in [1.165, 1.54) is 5.56 Å². The van der Waals surface area contributed by atoms with Gasteiger partial charge in [0, 0.05) is 26.2 Å². The summed E-state index contributed by atoms with van der Waals surface area (Å²) in [7, 11) is 1.93. The van der Waals surface area contributed by atoms with Crippen LogP contribution < -0.4 is 21.3 Å². The van der Waals surface area contributed by atoms with E-state index >= 15 is 0 Å². The summed E-state index contributed by atoms with van der Waals surface area (Å²) in [6, 6.07) is 8.32. The van der Waals surface area contributed by atoms with E-state index < -0.39 is 0 Å². The van der Waals surface area contributed by atoms with Gasteiger partial charge in [-0.25, -0.2) is 15.0 Å². The molecule has 0 bridgehead atoms. The molecule has 32 heavy (non-hydrogen) atoms. The first-order valence-corrected chi connectivity index (χ1v) is 11.0. The molecule has 0 aliphatic carbocycles. The highest BCUT2D eigenvalue weighted by atomic mass is 16.2. The summed E-state index contributed by atoms with van der Waals surface area (Å²) in [4.78, 5) is 31.4. The van der Waals surface area contributed by atoms with E-state index in [-0.39, 0.29) is 11.3 Å². The number of hydrogen-bond acceptors (Lipinski definition) is 7. The number of aromatic nitrogens is 4. The normalized spacial score (nSPS) is 17.7. The Kier molecular flexibility index (Phi) is 5.26. The van der Waals surface area contributed by atoms with E-state index in [0.717, 1.165) is 62.5 Å². The summed E-state index contributed by atoms with van der Waals surface area (Å²) in [5.74, 6) is 1.89. The average molecular weight is 433 g/mol. The van der Waals surface area contributed by atoms with Gasteiger partial charge in [-0.15, -0.1) is 0 Å². The number of nitrogens with one attached hydrogen (secondary N) is 3. The minimum atomic E-state index is -0.209. The first kappa shape index (κ1) is 20.4. The van der Waals surface area contributed by atoms with Crippen LogP contribution in [0.3, 0.4) is 0 Å². The van der Waals surface area contributed by atoms with E-state index in [2.05, 4.69) is 54.8 Å². The number of amides is 1. The predicted molar refractivity (Wildman–Crippen MR) is 124 cm³/mol. The number of nitrogens with two attached hydrogens (primary N) is 1. The molecule has 1 aromatic carbocycles. The maximum atomic E-state index is 12.3. The molecule has 1 spiro atoms. The van der Waals surface area contributed by atoms with Crippen molar-refractivity contribution in [1.29, 1.82) is 0 Å². The molecule has 0 atom stereocenters. The van der Waals surface area contributed by atoms with Gasteiger partial charge in [0.2, 0.25) is 5.91 Å². The van der Waals surface area contributed by atoms with Crippen molar-refractivity contribution in [3.63, 3.8) is 0 Å². The Morgan fingerprint density at radius 1 is 1.12 bits per heavy atom. The standard InChI is InChI=1S/C23H28N8O/c1-25-12-15-2-4-16(5-3-15)17-13-28-21(29-17)19-20(24)27-14-18(30-19)31-10-7-23(8-11-31)6-9-26-22(23)32/h2-5,13-14,25H,6-12H2,1H3,(H2,24,27)(H,26,32)(H,28,29). The van der Waals surface area contributed by atoms with Crippen molar-refractivity contribution in [2.75, 3.05) is 37.3 Å². The van der Waals surface area contributed by atoms with E-state index in [4.69, 9.17) is 10.7 Å². The van der Waals surface area contributed by atoms with Gasteiger partial charge < -0.3 is 26.3 Å². The lowest BCUT2D eigenvalue weighted by Crippen LogP contribution is -2.44. The van der Waals surface area contributed by atoms with E-state index in [1.807, 2.05) is 7.05 Å². The number of anilines is 2. The molecule has 0 unspecified atom stereocenters. The number of imidazole rings is 1. The van der Waals surface area contributed by atoms with E-state index in [0.29, 0.717) is 17.3 Å². The largest absolute Gasteiger partial charge is 0.382 e. The Balaban J connectivity index is 1.35. The molecule has 2 saturated heterocycles. The maximum Gasteiger partial charge on any atom is 0.226 e. The van der Waals surface area contributed by atoms with Crippen LogP contribution in [0.4, 0.5) is 11.6 Å². The predicted octanol–water partition coefficient (Wildman–Crippen LogP) is 1.94. The second kappa shape index (κ2) is 8.23. The highest BCUT2D eigenvalue weighted by Gasteiger charge is 2.44. The molecule has 166 valence electrons. The molecule has 2 aliphatic heterocycles. The van der Waals surface area contributed by atoms with Gasteiger partial charge in [-0.1, -0.05) is 24.3 Å². The van der Waals surface area contributed by atoms with Gasteiger partial charge in [-0.05, 0) is 37.4 Å². The van der Waals surface area contributed by atoms with Crippen LogP contribution in [0.1, 0.15) is 24.8 Å². The molecule has 1 amide bonds. The highest BCUT2D eigenvalue weighted by Crippen LogP contribution is 2.39. The molecule has 0 radical (unpaired) electrons. The zero-order chi connectivity index (χ0) is 22.1. The molecule has 3 aromatic rings. The topological polar surface area (TPSA) is 125 Å². The van der Waals surface area contributed by atoms with Gasteiger partial charge in [0.1, 0.15) is 5.82 Å². The lowest BCUT2D eigenvalue weighted by atomic mass is 9.77. The van der Waals surface area contributed by atoms with Crippen molar-refractivity contribution in [2.45, 2.75) is 25.8 Å². The lowest BCUT2D eigenvalue weighted by molar-refractivity contribution is -0.128. The van der Waals surface area contributed by atoms with Gasteiger partial charge in [0.25, 0.3) is 0 Å². The van der Waals surface area contributed by atoms with E-state index in [1.54, 1.807) is 12.4 Å². The molecule has 0 saturated carbocycles. The van der Waals surface area contributed by atoms with Crippen LogP contribution >= 0.6 is 0 Å². The number of rotatable bonds is 5. The molecular weight excluding hydrogens is 404 g/mol. The van der Waals surface area contributed by atoms with Gasteiger partial charge >= 0.3 is 0 Å². The SMILES string of the molecule is CNCc1ccc(-c2cnc(-c3nc(N4CCC5(CCNC5=O)CC4)cnc3N)[nH]2)cc1. The van der Waals surface area contributed by atoms with Crippen molar-refractivity contribution in [3.8, 4) is 22.8 Å². The zero-order valence-electron chi connectivity index (χ0n) is 18.2. The number of nitrogen functional groups attached to an aromatic ring is 1. The van der Waals surface area contributed by atoms with Crippen LogP contribution in [0.15, 0.2) is 36.7 Å². The molecular formula is C23H28N8O. The van der Waals surface area contributed by atoms with Crippen molar-refractivity contribution in [2.24, 2.45) is 5.41 Å². The minimum absolute atomic E-state index is 0.198. The van der Waals surface area contributed by atoms with Crippen molar-refractivity contribution < 1.29 is 4.79 Å². The van der Waals surface area contributed by atoms with Gasteiger partial charge in [0.05, 0.1) is 23.5 Å². The number of carbonyl (C=O) groups excluding carboxylic acids is 1. The number of H-pyrrole nitrogens is 1. The Hall–Kier alpha value is -3.46. The summed E-state index contributed by atoms with van der Waals surface area (Å²) in [6.45, 7) is 3.15. The third-order valence-electron chi connectivity index (χ3n) is 6.65. The fourth-order valence-electron chi connectivity index (χ4n) is 4.67. The average Bonchev–Trinajstić information content (AvgIpc) is 3.43. The lowest BCUT2D eigenvalue weighted by Gasteiger charge is -2.37. The summed E-state index contributed by atoms with van der Waals surface area (Å²) in [5.41, 5.74) is 9.65. The Morgan fingerprint density at radius 2 is 1.91 bits per heavy atom. The van der Waals surface area contributed by atoms with E-state index in [9.17, 15) is 4.79 Å². The van der Waals surface area contributed by atoms with Crippen molar-refractivity contribution in [1.82, 2.24) is 30.6 Å². The molecule has 5 rings (SSSR count). The maximum absolute atomic E-state index is 12.3. The van der Waals surface area contributed by atoms with Gasteiger partial charge in [-0.3, -0.25) is 4.79 Å². The quantitative estimate of drug-likeness (QED) is 0.486. The highest BCUT2D eigenvalue weighted by molar-refractivity contribution is 5.85. The molecule has 9 nitrogen and oxygen atoms in total. The third-order valence-corrected chi connectivity index (χ3v) is 6.65. The summed E-state index contributed by atoms with van der Waals surface area (Å²) < 4.78 is 0. The Labute approximate surface area is 186 Å². The summed E-state index contributed by atoms with van der Waals surface area (Å²) >= 11 is 0. The van der Waals surface area contributed by atoms with Crippen LogP contribution in [0.5, 0.6) is 0 Å². The van der Waals surface area contributed by atoms with Gasteiger partial charge in [0.15, 0.2) is 17.3 Å². The van der Waals surface area contributed by atoms with Crippen LogP contribution in [0, 0.1) is 5.41 Å². The molecule has 4 heterocycles. The van der Waals surface area contributed by atoms with Crippen molar-refractivity contribution in [3.05, 3.63) is 42.2 Å². The first-order valence-electron chi connectivity index (χ1n) is 11.0. The number of nitrogens with zero attached hydrogens (tertiary/aromatic N) is 4. The summed E-state index contributed by atoms with van der Waals surface area (Å²) in [6.07, 6.45) is 6.07. The molecule has 2 fully saturated rings. The summed E-state index contributed by atoms with van der Waals surface area (Å²) in [5, 5.41) is 6.13. The van der Waals surface area contributed by atoms with Crippen LogP contribution in [0.25, 0.3) is 22.8 Å². The molecule has 9 heteroatoms. The van der Waals surface area contributed by atoms with Crippen LogP contribution in [0.2, 0.25) is 0 Å². The smallest absolute Gasteiger partial charge is 0.226 e. The number of benzene rings is 1. The minimum Gasteiger partial charge on any atom is -0.382 e. The van der Waals surface area contributed by atoms with Crippen LogP contribution in [-0.2, 0) is 11.3 Å². The number of carbonyl (C=O) groups is 1. The van der Waals surface area contributed by atoms with Crippen LogP contribution in [-0.4, -0.2) is 52.5 Å². The fourth-order valence-corrected chi connectivity index (χ4v) is 4.67. The zero-order valence-corrected chi connectivity index (χ0v) is 18.2. The van der Waals surface area contributed by atoms with Gasteiger partial charge in [-0.2, -0.15) is 0 Å². The number of aromatic amines is 1. The molecule has 2 aliphatic rings. The number of hydrogen-bond donors (Lipinski definition) is 4. The second-order valence-corrected chi connectivity index (χ2v) is 8.61. The Morgan fingerprint density at radius 3 is 2.59 bits per heavy atom. The second-order valence-electron chi connectivity index (χ2n) is 8.61. The number of piperidine rings is 1.